The Morgan fingerprint density at radius 1 is 0.675 bits per heavy atom. The van der Waals surface area contributed by atoms with E-state index in [1.54, 1.807) is 0 Å². The van der Waals surface area contributed by atoms with Gasteiger partial charge in [-0.3, -0.25) is 0 Å². The minimum absolute atomic E-state index is 0. The van der Waals surface area contributed by atoms with E-state index in [9.17, 15) is 0 Å². The molecular formula is C34H66ClNO3S. The molecule has 2 atom stereocenters. The van der Waals surface area contributed by atoms with Crippen LogP contribution in [0.1, 0.15) is 148 Å². The standard InChI is InChI=1S/C34H65NO3S.ClH/c1-2-3-4-5-6-7-8-9-10-11-12-13-14-15-18-22-26-37-31-34-28-33(30-38-34)29-36-25-21-19-16-17-20-23-35-24-27-39-32-35;/h24,27,33-34H,2-23,25-26,28-32H2,1H3;1H. The maximum absolute atomic E-state index is 5.95. The fourth-order valence-electron chi connectivity index (χ4n) is 5.73. The van der Waals surface area contributed by atoms with E-state index >= 15 is 0 Å². The summed E-state index contributed by atoms with van der Waals surface area (Å²) in [5.74, 6) is 1.70. The quantitative estimate of drug-likeness (QED) is 0.0793. The van der Waals surface area contributed by atoms with Crippen LogP contribution < -0.4 is 0 Å². The molecule has 0 saturated carbocycles. The molecule has 0 aromatic carbocycles. The van der Waals surface area contributed by atoms with Crippen LogP contribution in [0, 0.1) is 5.92 Å². The third kappa shape index (κ3) is 22.6. The lowest BCUT2D eigenvalue weighted by Crippen LogP contribution is -2.15. The number of hydrogen-bond acceptors (Lipinski definition) is 5. The van der Waals surface area contributed by atoms with Crippen LogP contribution in [0.5, 0.6) is 0 Å². The van der Waals surface area contributed by atoms with Crippen molar-refractivity contribution in [2.45, 2.75) is 154 Å². The number of rotatable bonds is 29. The number of thioether (sulfide) groups is 1. The van der Waals surface area contributed by atoms with E-state index in [-0.39, 0.29) is 18.5 Å². The van der Waals surface area contributed by atoms with E-state index < -0.39 is 0 Å². The minimum Gasteiger partial charge on any atom is -0.381 e. The summed E-state index contributed by atoms with van der Waals surface area (Å²) in [6.45, 7) is 7.78. The second kappa shape index (κ2) is 29.1. The Labute approximate surface area is 259 Å². The van der Waals surface area contributed by atoms with Crippen molar-refractivity contribution in [1.82, 2.24) is 4.90 Å². The van der Waals surface area contributed by atoms with Crippen molar-refractivity contribution < 1.29 is 14.2 Å². The summed E-state index contributed by atoms with van der Waals surface area (Å²) in [4.78, 5) is 2.41. The zero-order valence-electron chi connectivity index (χ0n) is 26.3. The second-order valence-electron chi connectivity index (χ2n) is 12.2. The van der Waals surface area contributed by atoms with Crippen molar-refractivity contribution in [2.24, 2.45) is 5.92 Å². The molecule has 0 aliphatic carbocycles. The molecule has 2 aliphatic rings. The van der Waals surface area contributed by atoms with Crippen molar-refractivity contribution in [3.05, 3.63) is 11.6 Å². The maximum Gasteiger partial charge on any atom is 0.0813 e. The van der Waals surface area contributed by atoms with E-state index in [4.69, 9.17) is 14.2 Å². The van der Waals surface area contributed by atoms with Crippen molar-refractivity contribution in [1.29, 1.82) is 0 Å². The molecule has 0 N–H and O–H groups in total. The van der Waals surface area contributed by atoms with Crippen LogP contribution in [0.3, 0.4) is 0 Å². The Balaban J connectivity index is 0.00000800. The van der Waals surface area contributed by atoms with E-state index in [0.717, 1.165) is 45.3 Å². The highest BCUT2D eigenvalue weighted by Gasteiger charge is 2.25. The zero-order chi connectivity index (χ0) is 27.5. The molecule has 2 unspecified atom stereocenters. The molecule has 1 saturated heterocycles. The molecule has 1 fully saturated rings. The Morgan fingerprint density at radius 3 is 1.70 bits per heavy atom. The average Bonchev–Trinajstić information content (AvgIpc) is 3.64. The highest BCUT2D eigenvalue weighted by atomic mass is 35.5. The monoisotopic (exact) mass is 603 g/mol. The Bertz CT molecular complexity index is 553. The largest absolute Gasteiger partial charge is 0.381 e. The number of ether oxygens (including phenoxy) is 3. The summed E-state index contributed by atoms with van der Waals surface area (Å²) in [6, 6.07) is 0. The molecule has 6 heteroatoms. The lowest BCUT2D eigenvalue weighted by atomic mass is 10.0. The normalized spacial score (nSPS) is 18.6. The van der Waals surface area contributed by atoms with Crippen LogP contribution >= 0.6 is 24.2 Å². The fourth-order valence-corrected chi connectivity index (χ4v) is 6.48. The van der Waals surface area contributed by atoms with Crippen molar-refractivity contribution >= 4 is 24.2 Å². The third-order valence-corrected chi connectivity index (χ3v) is 9.10. The first-order chi connectivity index (χ1) is 19.4. The Hall–Kier alpha value is 0.0600. The van der Waals surface area contributed by atoms with Crippen LogP contribution in [0.2, 0.25) is 0 Å². The number of hydrogen-bond donors (Lipinski definition) is 0. The van der Waals surface area contributed by atoms with Crippen LogP contribution in [0.15, 0.2) is 11.6 Å². The van der Waals surface area contributed by atoms with E-state index in [0.29, 0.717) is 5.92 Å². The maximum atomic E-state index is 5.95. The van der Waals surface area contributed by atoms with E-state index in [1.807, 2.05) is 11.8 Å². The van der Waals surface area contributed by atoms with Gasteiger partial charge in [0.1, 0.15) is 0 Å². The van der Waals surface area contributed by atoms with Gasteiger partial charge < -0.3 is 19.1 Å². The van der Waals surface area contributed by atoms with Crippen molar-refractivity contribution in [2.75, 3.05) is 45.5 Å². The lowest BCUT2D eigenvalue weighted by molar-refractivity contribution is 0.0141. The predicted molar refractivity (Wildman–Crippen MR) is 178 cm³/mol. The van der Waals surface area contributed by atoms with Gasteiger partial charge in [0.05, 0.1) is 31.8 Å². The summed E-state index contributed by atoms with van der Waals surface area (Å²) in [6.07, 6.45) is 32.7. The summed E-state index contributed by atoms with van der Waals surface area (Å²) >= 11 is 1.90. The first-order valence-electron chi connectivity index (χ1n) is 17.2. The van der Waals surface area contributed by atoms with Gasteiger partial charge in [-0.1, -0.05) is 122 Å². The summed E-state index contributed by atoms with van der Waals surface area (Å²) in [5, 5.41) is 2.20. The first-order valence-corrected chi connectivity index (χ1v) is 18.2. The van der Waals surface area contributed by atoms with Crippen LogP contribution in [-0.4, -0.2) is 56.5 Å². The van der Waals surface area contributed by atoms with Gasteiger partial charge in [-0.25, -0.2) is 0 Å². The molecule has 0 amide bonds. The Kier molecular flexibility index (Phi) is 27.8. The molecular weight excluding hydrogens is 538 g/mol. The SMILES string of the molecule is CCCCCCCCCCCCCCCCCCOCC1CC(COCCCCCCCN2C=CSC2)CO1.Cl. The lowest BCUT2D eigenvalue weighted by Gasteiger charge is -2.13. The van der Waals surface area contributed by atoms with Crippen LogP contribution in [-0.2, 0) is 14.2 Å². The fraction of sp³-hybridized carbons (Fsp3) is 0.941. The van der Waals surface area contributed by atoms with Gasteiger partial charge >= 0.3 is 0 Å². The molecule has 2 aliphatic heterocycles. The van der Waals surface area contributed by atoms with Crippen LogP contribution in [0.25, 0.3) is 0 Å². The average molecular weight is 604 g/mol. The summed E-state index contributed by atoms with van der Waals surface area (Å²) < 4.78 is 17.8. The predicted octanol–water partition coefficient (Wildman–Crippen LogP) is 10.5. The Morgan fingerprint density at radius 2 is 1.18 bits per heavy atom. The van der Waals surface area contributed by atoms with E-state index in [1.165, 1.54) is 141 Å². The molecule has 40 heavy (non-hydrogen) atoms. The van der Waals surface area contributed by atoms with Gasteiger partial charge in [0.15, 0.2) is 0 Å². The smallest absolute Gasteiger partial charge is 0.0813 e. The van der Waals surface area contributed by atoms with Crippen molar-refractivity contribution in [3.63, 3.8) is 0 Å². The third-order valence-electron chi connectivity index (χ3n) is 8.31. The molecule has 4 nitrogen and oxygen atoms in total. The van der Waals surface area contributed by atoms with E-state index in [2.05, 4.69) is 23.4 Å². The molecule has 0 bridgehead atoms. The molecule has 2 heterocycles. The van der Waals surface area contributed by atoms with Gasteiger partial charge in [-0.2, -0.15) is 0 Å². The molecule has 0 spiro atoms. The first kappa shape index (κ1) is 38.1. The van der Waals surface area contributed by atoms with Crippen LogP contribution in [0.4, 0.5) is 0 Å². The summed E-state index contributed by atoms with van der Waals surface area (Å²) in [5.41, 5.74) is 0. The topological polar surface area (TPSA) is 30.9 Å². The highest BCUT2D eigenvalue weighted by Crippen LogP contribution is 2.21. The van der Waals surface area contributed by atoms with Gasteiger partial charge in [0.25, 0.3) is 0 Å². The highest BCUT2D eigenvalue weighted by molar-refractivity contribution is 8.02. The molecule has 0 radical (unpaired) electrons. The number of nitrogens with zero attached hydrogens (tertiary/aromatic N) is 1. The van der Waals surface area contributed by atoms with Gasteiger partial charge in [-0.15, -0.1) is 24.2 Å². The molecule has 0 aromatic heterocycles. The second-order valence-corrected chi connectivity index (χ2v) is 13.0. The van der Waals surface area contributed by atoms with Crippen molar-refractivity contribution in [3.8, 4) is 0 Å². The zero-order valence-corrected chi connectivity index (χ0v) is 27.9. The molecule has 2 rings (SSSR count). The van der Waals surface area contributed by atoms with Gasteiger partial charge in [-0.05, 0) is 31.1 Å². The van der Waals surface area contributed by atoms with Gasteiger partial charge in [0.2, 0.25) is 0 Å². The molecule has 0 aromatic rings. The summed E-state index contributed by atoms with van der Waals surface area (Å²) in [7, 11) is 0. The minimum atomic E-state index is 0. The van der Waals surface area contributed by atoms with Gasteiger partial charge in [0, 0.05) is 31.9 Å². The number of unbranched alkanes of at least 4 members (excludes halogenated alkanes) is 19. The molecule has 238 valence electrons. The number of halogens is 1.